The van der Waals surface area contributed by atoms with Gasteiger partial charge >= 0.3 is 11.9 Å². The SMILES string of the molecule is CC(C)[C@H](NC(=O)CC[C@H](N)C(=O)O)C(=O)N[C@@H](CO)C(=O)O. The number of hydrogen-bond donors (Lipinski definition) is 6. The summed E-state index contributed by atoms with van der Waals surface area (Å²) in [4.78, 5) is 45.2. The van der Waals surface area contributed by atoms with E-state index >= 15 is 0 Å². The van der Waals surface area contributed by atoms with Crippen LogP contribution in [0.15, 0.2) is 0 Å². The molecule has 2 amide bonds. The van der Waals surface area contributed by atoms with E-state index in [1.807, 2.05) is 0 Å². The van der Waals surface area contributed by atoms with Crippen molar-refractivity contribution >= 4 is 23.8 Å². The van der Waals surface area contributed by atoms with E-state index in [4.69, 9.17) is 21.1 Å². The van der Waals surface area contributed by atoms with Gasteiger partial charge in [0, 0.05) is 6.42 Å². The van der Waals surface area contributed by atoms with E-state index in [-0.39, 0.29) is 18.8 Å². The van der Waals surface area contributed by atoms with Crippen LogP contribution in [-0.4, -0.2) is 63.8 Å². The molecular formula is C13H23N3O7. The third kappa shape index (κ3) is 7.56. The van der Waals surface area contributed by atoms with E-state index in [0.29, 0.717) is 0 Å². The van der Waals surface area contributed by atoms with Crippen molar-refractivity contribution in [2.75, 3.05) is 6.61 Å². The quantitative estimate of drug-likeness (QED) is 0.262. The Bertz CT molecular complexity index is 453. The maximum Gasteiger partial charge on any atom is 0.328 e. The molecule has 3 atom stereocenters. The van der Waals surface area contributed by atoms with E-state index in [2.05, 4.69) is 10.6 Å². The van der Waals surface area contributed by atoms with Crippen LogP contribution in [0.25, 0.3) is 0 Å². The minimum Gasteiger partial charge on any atom is -0.480 e. The lowest BCUT2D eigenvalue weighted by molar-refractivity contribution is -0.143. The number of amides is 2. The van der Waals surface area contributed by atoms with Crippen molar-refractivity contribution in [1.82, 2.24) is 10.6 Å². The van der Waals surface area contributed by atoms with Crippen LogP contribution in [0.2, 0.25) is 0 Å². The van der Waals surface area contributed by atoms with Crippen molar-refractivity contribution in [2.45, 2.75) is 44.8 Å². The van der Waals surface area contributed by atoms with Crippen LogP contribution >= 0.6 is 0 Å². The average Bonchev–Trinajstić information content (AvgIpc) is 2.46. The molecule has 0 spiro atoms. The van der Waals surface area contributed by atoms with Gasteiger partial charge in [-0.15, -0.1) is 0 Å². The Morgan fingerprint density at radius 3 is 2.00 bits per heavy atom. The number of aliphatic hydroxyl groups excluding tert-OH is 1. The molecule has 0 aromatic heterocycles. The second-order valence-corrected chi connectivity index (χ2v) is 5.35. The molecule has 0 aliphatic rings. The fourth-order valence-corrected chi connectivity index (χ4v) is 1.64. The lowest BCUT2D eigenvalue weighted by Crippen LogP contribution is -2.54. The summed E-state index contributed by atoms with van der Waals surface area (Å²) in [6.07, 6.45) is -0.283. The van der Waals surface area contributed by atoms with Gasteiger partial charge in [-0.2, -0.15) is 0 Å². The molecule has 0 saturated heterocycles. The van der Waals surface area contributed by atoms with E-state index in [0.717, 1.165) is 0 Å². The zero-order chi connectivity index (χ0) is 18.2. The van der Waals surface area contributed by atoms with Crippen LogP contribution in [0.1, 0.15) is 26.7 Å². The van der Waals surface area contributed by atoms with Gasteiger partial charge in [-0.05, 0) is 12.3 Å². The Labute approximate surface area is 133 Å². The zero-order valence-corrected chi connectivity index (χ0v) is 13.0. The zero-order valence-electron chi connectivity index (χ0n) is 13.0. The van der Waals surface area contributed by atoms with E-state index in [1.165, 1.54) is 0 Å². The van der Waals surface area contributed by atoms with Gasteiger partial charge in [0.1, 0.15) is 18.1 Å². The fourth-order valence-electron chi connectivity index (χ4n) is 1.64. The maximum atomic E-state index is 12.0. The van der Waals surface area contributed by atoms with Crippen LogP contribution in [0.5, 0.6) is 0 Å². The van der Waals surface area contributed by atoms with Crippen LogP contribution in [0, 0.1) is 5.92 Å². The number of carbonyl (C=O) groups excluding carboxylic acids is 2. The van der Waals surface area contributed by atoms with E-state index in [1.54, 1.807) is 13.8 Å². The predicted octanol–water partition coefficient (Wildman–Crippen LogP) is -2.12. The smallest absolute Gasteiger partial charge is 0.328 e. The van der Waals surface area contributed by atoms with Gasteiger partial charge < -0.3 is 31.7 Å². The van der Waals surface area contributed by atoms with Gasteiger partial charge in [0.15, 0.2) is 0 Å². The van der Waals surface area contributed by atoms with Gasteiger partial charge in [-0.3, -0.25) is 14.4 Å². The number of nitrogens with one attached hydrogen (secondary N) is 2. The molecule has 0 aromatic rings. The Morgan fingerprint density at radius 2 is 1.61 bits per heavy atom. The first-order valence-electron chi connectivity index (χ1n) is 7.01. The molecule has 10 nitrogen and oxygen atoms in total. The van der Waals surface area contributed by atoms with Gasteiger partial charge in [0.05, 0.1) is 6.61 Å². The molecule has 0 heterocycles. The molecule has 0 bridgehead atoms. The highest BCUT2D eigenvalue weighted by molar-refractivity contribution is 5.90. The molecule has 0 fully saturated rings. The Morgan fingerprint density at radius 1 is 1.04 bits per heavy atom. The third-order valence-corrected chi connectivity index (χ3v) is 3.06. The number of aliphatic carboxylic acids is 2. The van der Waals surface area contributed by atoms with Crippen LogP contribution in [0.3, 0.4) is 0 Å². The fraction of sp³-hybridized carbons (Fsp3) is 0.692. The summed E-state index contributed by atoms with van der Waals surface area (Å²) in [7, 11) is 0. The number of carbonyl (C=O) groups is 4. The van der Waals surface area contributed by atoms with E-state index < -0.39 is 48.5 Å². The highest BCUT2D eigenvalue weighted by atomic mass is 16.4. The van der Waals surface area contributed by atoms with Crippen molar-refractivity contribution < 1.29 is 34.5 Å². The van der Waals surface area contributed by atoms with Crippen molar-refractivity contribution in [3.8, 4) is 0 Å². The topological polar surface area (TPSA) is 179 Å². The van der Waals surface area contributed by atoms with Gasteiger partial charge in [0.2, 0.25) is 11.8 Å². The average molecular weight is 333 g/mol. The van der Waals surface area contributed by atoms with Crippen LogP contribution < -0.4 is 16.4 Å². The molecule has 0 saturated carbocycles. The molecule has 0 unspecified atom stereocenters. The third-order valence-electron chi connectivity index (χ3n) is 3.06. The molecule has 7 N–H and O–H groups in total. The second kappa shape index (κ2) is 9.74. The summed E-state index contributed by atoms with van der Waals surface area (Å²) in [5.41, 5.74) is 5.28. The summed E-state index contributed by atoms with van der Waals surface area (Å²) in [6.45, 7) is 2.50. The first-order valence-corrected chi connectivity index (χ1v) is 7.01. The summed E-state index contributed by atoms with van der Waals surface area (Å²) in [5, 5.41) is 30.8. The standard InChI is InChI=1S/C13H23N3O7/c1-6(2)10(11(19)15-8(5-17)13(22)23)16-9(18)4-3-7(14)12(20)21/h6-8,10,17H,3-5,14H2,1-2H3,(H,15,19)(H,16,18)(H,20,21)(H,22,23)/t7-,8-,10-/m0/s1. The monoisotopic (exact) mass is 333 g/mol. The number of nitrogens with two attached hydrogens (primary N) is 1. The molecule has 10 heteroatoms. The predicted molar refractivity (Wildman–Crippen MR) is 78.3 cm³/mol. The van der Waals surface area contributed by atoms with Gasteiger partial charge in [-0.1, -0.05) is 13.8 Å². The minimum absolute atomic E-state index is 0.0952. The number of carboxylic acids is 2. The molecule has 0 aliphatic heterocycles. The molecule has 0 radical (unpaired) electrons. The maximum absolute atomic E-state index is 12.0. The molecule has 0 aromatic carbocycles. The minimum atomic E-state index is -1.47. The highest BCUT2D eigenvalue weighted by Crippen LogP contribution is 2.04. The number of rotatable bonds is 10. The van der Waals surface area contributed by atoms with Gasteiger partial charge in [-0.25, -0.2) is 4.79 Å². The van der Waals surface area contributed by atoms with Crippen LogP contribution in [0.4, 0.5) is 0 Å². The Hall–Kier alpha value is -2.20. The largest absolute Gasteiger partial charge is 0.480 e. The van der Waals surface area contributed by atoms with Crippen molar-refractivity contribution in [1.29, 1.82) is 0 Å². The molecular weight excluding hydrogens is 310 g/mol. The summed E-state index contributed by atoms with van der Waals surface area (Å²) >= 11 is 0. The Kier molecular flexibility index (Phi) is 8.81. The highest BCUT2D eigenvalue weighted by Gasteiger charge is 2.28. The summed E-state index contributed by atoms with van der Waals surface area (Å²) in [5.74, 6) is -4.31. The number of aliphatic hydroxyl groups is 1. The van der Waals surface area contributed by atoms with Gasteiger partial charge in [0.25, 0.3) is 0 Å². The number of hydrogen-bond acceptors (Lipinski definition) is 6. The summed E-state index contributed by atoms with van der Waals surface area (Å²) in [6, 6.07) is -3.67. The first-order chi connectivity index (χ1) is 10.6. The molecule has 0 aliphatic carbocycles. The van der Waals surface area contributed by atoms with Crippen molar-refractivity contribution in [3.05, 3.63) is 0 Å². The lowest BCUT2D eigenvalue weighted by Gasteiger charge is -2.23. The Balaban J connectivity index is 4.67. The second-order valence-electron chi connectivity index (χ2n) is 5.35. The number of carboxylic acid groups (broad SMARTS) is 2. The van der Waals surface area contributed by atoms with Crippen molar-refractivity contribution in [2.24, 2.45) is 11.7 Å². The first kappa shape index (κ1) is 20.8. The lowest BCUT2D eigenvalue weighted by atomic mass is 10.0. The van der Waals surface area contributed by atoms with Crippen LogP contribution in [-0.2, 0) is 19.2 Å². The normalized spacial score (nSPS) is 14.7. The molecule has 23 heavy (non-hydrogen) atoms. The van der Waals surface area contributed by atoms with Crippen molar-refractivity contribution in [3.63, 3.8) is 0 Å². The molecule has 132 valence electrons. The summed E-state index contributed by atoms with van der Waals surface area (Å²) < 4.78 is 0. The van der Waals surface area contributed by atoms with E-state index in [9.17, 15) is 19.2 Å². The molecule has 0 rings (SSSR count).